The van der Waals surface area contributed by atoms with Crippen molar-refractivity contribution in [1.29, 1.82) is 0 Å². The minimum absolute atomic E-state index is 0.106. The Bertz CT molecular complexity index is 232. The molecule has 0 aromatic rings. The Hall–Kier alpha value is -0.120. The molecule has 90 valence electrons. The molecule has 3 N–H and O–H groups in total. The van der Waals surface area contributed by atoms with Crippen LogP contribution in [0.5, 0.6) is 0 Å². The lowest BCUT2D eigenvalue weighted by Crippen LogP contribution is -2.51. The molecule has 1 aliphatic heterocycles. The van der Waals surface area contributed by atoms with Crippen molar-refractivity contribution in [2.24, 2.45) is 11.7 Å². The molecule has 1 heterocycles. The first-order chi connectivity index (χ1) is 6.67. The lowest BCUT2D eigenvalue weighted by molar-refractivity contribution is -0.111. The zero-order valence-electron chi connectivity index (χ0n) is 10.6. The minimum Gasteiger partial charge on any atom is -0.388 e. The second kappa shape index (κ2) is 3.72. The monoisotopic (exact) mass is 215 g/mol. The number of aliphatic hydroxyl groups is 1. The van der Waals surface area contributed by atoms with Crippen molar-refractivity contribution >= 4 is 0 Å². The van der Waals surface area contributed by atoms with Gasteiger partial charge in [0.15, 0.2) is 0 Å². The molecular weight excluding hydrogens is 190 g/mol. The molecule has 0 aliphatic carbocycles. The summed E-state index contributed by atoms with van der Waals surface area (Å²) in [7, 11) is 0. The van der Waals surface area contributed by atoms with Crippen LogP contribution in [0.4, 0.5) is 0 Å². The molecule has 0 aromatic carbocycles. The molecule has 1 aliphatic rings. The molecule has 2 unspecified atom stereocenters. The summed E-state index contributed by atoms with van der Waals surface area (Å²) in [5.74, 6) is 0.106. The Morgan fingerprint density at radius 3 is 2.20 bits per heavy atom. The van der Waals surface area contributed by atoms with Crippen LogP contribution in [0.15, 0.2) is 0 Å². The molecule has 0 bridgehead atoms. The van der Waals surface area contributed by atoms with E-state index in [4.69, 9.17) is 10.5 Å². The van der Waals surface area contributed by atoms with Crippen LogP contribution in [0, 0.1) is 5.92 Å². The lowest BCUT2D eigenvalue weighted by atomic mass is 9.73. The smallest absolute Gasteiger partial charge is 0.0823 e. The summed E-state index contributed by atoms with van der Waals surface area (Å²) in [6.07, 6.45) is 1.54. The van der Waals surface area contributed by atoms with E-state index >= 15 is 0 Å². The van der Waals surface area contributed by atoms with Crippen molar-refractivity contribution in [2.75, 3.05) is 6.54 Å². The number of nitrogens with two attached hydrogens (primary N) is 1. The molecule has 3 heteroatoms. The van der Waals surface area contributed by atoms with Gasteiger partial charge >= 0.3 is 0 Å². The summed E-state index contributed by atoms with van der Waals surface area (Å²) >= 11 is 0. The first-order valence-electron chi connectivity index (χ1n) is 5.79. The molecule has 0 radical (unpaired) electrons. The fraction of sp³-hybridized carbons (Fsp3) is 1.00. The maximum Gasteiger partial charge on any atom is 0.0823 e. The second-order valence-corrected chi connectivity index (χ2v) is 5.88. The second-order valence-electron chi connectivity index (χ2n) is 5.88. The van der Waals surface area contributed by atoms with E-state index in [1.807, 2.05) is 20.8 Å². The molecule has 1 rings (SSSR count). The maximum absolute atomic E-state index is 10.5. The zero-order chi connectivity index (χ0) is 11.9. The van der Waals surface area contributed by atoms with Crippen LogP contribution in [-0.4, -0.2) is 28.5 Å². The largest absolute Gasteiger partial charge is 0.388 e. The van der Waals surface area contributed by atoms with Crippen LogP contribution in [0.25, 0.3) is 0 Å². The first kappa shape index (κ1) is 12.9. The zero-order valence-corrected chi connectivity index (χ0v) is 10.6. The molecule has 0 aromatic heterocycles. The van der Waals surface area contributed by atoms with Crippen molar-refractivity contribution in [3.05, 3.63) is 0 Å². The molecule has 2 atom stereocenters. The van der Waals surface area contributed by atoms with E-state index in [0.717, 1.165) is 6.42 Å². The molecule has 15 heavy (non-hydrogen) atoms. The highest BCUT2D eigenvalue weighted by atomic mass is 16.5. The van der Waals surface area contributed by atoms with Crippen molar-refractivity contribution in [1.82, 2.24) is 0 Å². The highest BCUT2D eigenvalue weighted by molar-refractivity contribution is 5.03. The Morgan fingerprint density at radius 2 is 1.93 bits per heavy atom. The van der Waals surface area contributed by atoms with Gasteiger partial charge in [0.25, 0.3) is 0 Å². The fourth-order valence-corrected chi connectivity index (χ4v) is 2.93. The van der Waals surface area contributed by atoms with Gasteiger partial charge in [-0.1, -0.05) is 6.92 Å². The minimum atomic E-state index is -0.794. The third-order valence-corrected chi connectivity index (χ3v) is 3.69. The summed E-state index contributed by atoms with van der Waals surface area (Å²) < 4.78 is 5.98. The van der Waals surface area contributed by atoms with E-state index in [1.165, 1.54) is 0 Å². The van der Waals surface area contributed by atoms with Crippen LogP contribution >= 0.6 is 0 Å². The highest BCUT2D eigenvalue weighted by Crippen LogP contribution is 2.47. The van der Waals surface area contributed by atoms with Gasteiger partial charge in [0.1, 0.15) is 0 Å². The molecule has 1 fully saturated rings. The predicted molar refractivity (Wildman–Crippen MR) is 61.6 cm³/mol. The molecule has 0 saturated carbocycles. The van der Waals surface area contributed by atoms with Crippen LogP contribution in [0.2, 0.25) is 0 Å². The number of hydrogen-bond acceptors (Lipinski definition) is 3. The lowest BCUT2D eigenvalue weighted by Gasteiger charge is -2.38. The van der Waals surface area contributed by atoms with Crippen molar-refractivity contribution in [3.63, 3.8) is 0 Å². The molecule has 3 nitrogen and oxygen atoms in total. The van der Waals surface area contributed by atoms with Crippen LogP contribution < -0.4 is 5.73 Å². The fourth-order valence-electron chi connectivity index (χ4n) is 2.93. The molecule has 0 spiro atoms. The standard InChI is InChI=1S/C12H25NO2/c1-6-12(14,8-13)9-7-10(2,3)15-11(9,4)5/h9,14H,6-8,13H2,1-5H3. The van der Waals surface area contributed by atoms with E-state index in [9.17, 15) is 5.11 Å². The van der Waals surface area contributed by atoms with E-state index in [1.54, 1.807) is 0 Å². The SMILES string of the molecule is CCC(O)(CN)C1CC(C)(C)OC1(C)C. The Morgan fingerprint density at radius 1 is 1.40 bits per heavy atom. The van der Waals surface area contributed by atoms with Gasteiger partial charge in [-0.15, -0.1) is 0 Å². The van der Waals surface area contributed by atoms with Gasteiger partial charge in [-0.2, -0.15) is 0 Å². The van der Waals surface area contributed by atoms with Gasteiger partial charge in [-0.05, 0) is 40.5 Å². The number of ether oxygens (including phenoxy) is 1. The summed E-state index contributed by atoms with van der Waals surface area (Å²) in [5, 5.41) is 10.5. The summed E-state index contributed by atoms with van der Waals surface area (Å²) in [4.78, 5) is 0. The number of rotatable bonds is 3. The quantitative estimate of drug-likeness (QED) is 0.753. The summed E-state index contributed by atoms with van der Waals surface area (Å²) in [6.45, 7) is 10.5. The molecular formula is C12H25NO2. The van der Waals surface area contributed by atoms with Crippen LogP contribution in [0.3, 0.4) is 0 Å². The molecule has 0 amide bonds. The van der Waals surface area contributed by atoms with Crippen molar-refractivity contribution in [2.45, 2.75) is 64.3 Å². The van der Waals surface area contributed by atoms with E-state index in [2.05, 4.69) is 13.8 Å². The van der Waals surface area contributed by atoms with Gasteiger partial charge in [-0.25, -0.2) is 0 Å². The Balaban J connectivity index is 2.95. The topological polar surface area (TPSA) is 55.5 Å². The summed E-state index contributed by atoms with van der Waals surface area (Å²) in [6, 6.07) is 0. The Kier molecular flexibility index (Phi) is 3.21. The van der Waals surface area contributed by atoms with Gasteiger partial charge in [-0.3, -0.25) is 0 Å². The average Bonchev–Trinajstić information content (AvgIpc) is 2.33. The van der Waals surface area contributed by atoms with Crippen LogP contribution in [-0.2, 0) is 4.74 Å². The average molecular weight is 215 g/mol. The normalized spacial score (nSPS) is 32.6. The first-order valence-corrected chi connectivity index (χ1v) is 5.79. The van der Waals surface area contributed by atoms with Crippen LogP contribution in [0.1, 0.15) is 47.5 Å². The summed E-state index contributed by atoms with van der Waals surface area (Å²) in [5.41, 5.74) is 4.45. The third kappa shape index (κ3) is 2.35. The van der Waals surface area contributed by atoms with E-state index in [0.29, 0.717) is 13.0 Å². The van der Waals surface area contributed by atoms with Crippen molar-refractivity contribution < 1.29 is 9.84 Å². The van der Waals surface area contributed by atoms with Crippen molar-refractivity contribution in [3.8, 4) is 0 Å². The third-order valence-electron chi connectivity index (χ3n) is 3.69. The van der Waals surface area contributed by atoms with Gasteiger partial charge < -0.3 is 15.6 Å². The highest BCUT2D eigenvalue weighted by Gasteiger charge is 2.53. The Labute approximate surface area is 93.0 Å². The van der Waals surface area contributed by atoms with Gasteiger partial charge in [0, 0.05) is 12.5 Å². The molecule has 1 saturated heterocycles. The predicted octanol–water partition coefficient (Wildman–Crippen LogP) is 1.68. The van der Waals surface area contributed by atoms with E-state index < -0.39 is 5.60 Å². The number of hydrogen-bond donors (Lipinski definition) is 2. The maximum atomic E-state index is 10.5. The van der Waals surface area contributed by atoms with Gasteiger partial charge in [0.05, 0.1) is 16.8 Å². The van der Waals surface area contributed by atoms with Gasteiger partial charge in [0.2, 0.25) is 0 Å². The van der Waals surface area contributed by atoms with E-state index in [-0.39, 0.29) is 17.1 Å².